The molecule has 4 rings (SSSR count). The number of fused-ring (bicyclic) bond motifs is 1. The van der Waals surface area contributed by atoms with Crippen LogP contribution in [0.4, 0.5) is 5.95 Å². The summed E-state index contributed by atoms with van der Waals surface area (Å²) < 4.78 is 7.28. The van der Waals surface area contributed by atoms with E-state index in [4.69, 9.17) is 4.74 Å². The van der Waals surface area contributed by atoms with Crippen molar-refractivity contribution in [2.75, 3.05) is 44.3 Å². The van der Waals surface area contributed by atoms with Gasteiger partial charge in [0.25, 0.3) is 5.56 Å². The molecule has 1 aliphatic heterocycles. The number of aromatic amines is 1. The van der Waals surface area contributed by atoms with Crippen molar-refractivity contribution in [2.45, 2.75) is 19.9 Å². The summed E-state index contributed by atoms with van der Waals surface area (Å²) >= 11 is 0. The van der Waals surface area contributed by atoms with Gasteiger partial charge >= 0.3 is 0 Å². The first-order valence-electron chi connectivity index (χ1n) is 9.90. The van der Waals surface area contributed by atoms with E-state index in [1.807, 2.05) is 11.8 Å². The summed E-state index contributed by atoms with van der Waals surface area (Å²) in [7, 11) is 0. The van der Waals surface area contributed by atoms with Crippen molar-refractivity contribution in [3.05, 3.63) is 40.7 Å². The monoisotopic (exact) mass is 412 g/mol. The molecule has 11 heteroatoms. The molecule has 4 heterocycles. The molecule has 0 aliphatic carbocycles. The van der Waals surface area contributed by atoms with Crippen LogP contribution < -0.4 is 10.5 Å². The fraction of sp³-hybridized carbons (Fsp3) is 0.474. The normalized spacial score (nSPS) is 14.4. The Bertz CT molecular complexity index is 1050. The second kappa shape index (κ2) is 8.99. The minimum absolute atomic E-state index is 0.0831. The Balaban J connectivity index is 1.17. The number of aromatic nitrogens is 6. The third-order valence-electron chi connectivity index (χ3n) is 5.07. The lowest BCUT2D eigenvalue weighted by atomic mass is 10.3. The third kappa shape index (κ3) is 4.46. The van der Waals surface area contributed by atoms with Crippen molar-refractivity contribution >= 4 is 22.8 Å². The first kappa shape index (κ1) is 20.0. The van der Waals surface area contributed by atoms with Crippen LogP contribution in [0.25, 0.3) is 10.9 Å². The lowest BCUT2D eigenvalue weighted by Gasteiger charge is -2.34. The molecule has 0 spiro atoms. The Labute approximate surface area is 172 Å². The highest BCUT2D eigenvalue weighted by atomic mass is 16.5. The number of H-pyrrole nitrogens is 1. The quantitative estimate of drug-likeness (QED) is 0.537. The molecule has 0 atom stereocenters. The zero-order valence-corrected chi connectivity index (χ0v) is 16.8. The van der Waals surface area contributed by atoms with E-state index in [1.165, 1.54) is 6.20 Å². The second-order valence-electron chi connectivity index (χ2n) is 7.16. The third-order valence-corrected chi connectivity index (χ3v) is 5.07. The smallest absolute Gasteiger partial charge is 0.275 e. The van der Waals surface area contributed by atoms with Crippen LogP contribution in [0.3, 0.4) is 0 Å². The summed E-state index contributed by atoms with van der Waals surface area (Å²) in [6.45, 7) is 5.92. The van der Waals surface area contributed by atoms with Gasteiger partial charge in [-0.1, -0.05) is 0 Å². The Morgan fingerprint density at radius 1 is 1.10 bits per heavy atom. The average molecular weight is 412 g/mol. The summed E-state index contributed by atoms with van der Waals surface area (Å²) in [6.07, 6.45) is 7.02. The lowest BCUT2D eigenvalue weighted by molar-refractivity contribution is -0.132. The van der Waals surface area contributed by atoms with Crippen LogP contribution >= 0.6 is 0 Å². The highest BCUT2D eigenvalue weighted by molar-refractivity contribution is 5.77. The number of nitrogens with one attached hydrogen (secondary N) is 1. The molecule has 1 saturated heterocycles. The SMILES string of the molecule is Cc1cnc(N2CCN(C(=O)CCOCCn3ncc4c(=O)[nH]ncc43)CC2)nc1. The van der Waals surface area contributed by atoms with E-state index >= 15 is 0 Å². The number of piperazine rings is 1. The number of aryl methyl sites for hydroxylation is 1. The Morgan fingerprint density at radius 3 is 2.63 bits per heavy atom. The number of hydrogen-bond donors (Lipinski definition) is 1. The number of carbonyl (C=O) groups is 1. The zero-order valence-electron chi connectivity index (χ0n) is 16.8. The molecule has 11 nitrogen and oxygen atoms in total. The van der Waals surface area contributed by atoms with Gasteiger partial charge in [-0.25, -0.2) is 15.1 Å². The zero-order chi connectivity index (χ0) is 20.9. The minimum Gasteiger partial charge on any atom is -0.379 e. The highest BCUT2D eigenvalue weighted by Crippen LogP contribution is 2.11. The Kier molecular flexibility index (Phi) is 5.98. The summed E-state index contributed by atoms with van der Waals surface area (Å²) in [5, 5.41) is 10.9. The van der Waals surface area contributed by atoms with Crippen LogP contribution in [0, 0.1) is 6.92 Å². The first-order valence-corrected chi connectivity index (χ1v) is 9.90. The number of hydrogen-bond acceptors (Lipinski definition) is 8. The predicted molar refractivity (Wildman–Crippen MR) is 109 cm³/mol. The van der Waals surface area contributed by atoms with Crippen molar-refractivity contribution in [1.82, 2.24) is 34.8 Å². The van der Waals surface area contributed by atoms with Crippen molar-refractivity contribution in [3.63, 3.8) is 0 Å². The van der Waals surface area contributed by atoms with Gasteiger partial charge in [0.05, 0.1) is 49.5 Å². The van der Waals surface area contributed by atoms with Crippen LogP contribution in [0.2, 0.25) is 0 Å². The van der Waals surface area contributed by atoms with Gasteiger partial charge in [0.15, 0.2) is 0 Å². The van der Waals surface area contributed by atoms with E-state index in [9.17, 15) is 9.59 Å². The van der Waals surface area contributed by atoms with Crippen molar-refractivity contribution < 1.29 is 9.53 Å². The lowest BCUT2D eigenvalue weighted by Crippen LogP contribution is -2.49. The molecular formula is C19H24N8O3. The maximum Gasteiger partial charge on any atom is 0.275 e. The summed E-state index contributed by atoms with van der Waals surface area (Å²) in [5.74, 6) is 0.791. The summed E-state index contributed by atoms with van der Waals surface area (Å²) in [6, 6.07) is 0. The molecule has 0 saturated carbocycles. The van der Waals surface area contributed by atoms with Crippen LogP contribution in [0.1, 0.15) is 12.0 Å². The summed E-state index contributed by atoms with van der Waals surface area (Å²) in [4.78, 5) is 36.7. The van der Waals surface area contributed by atoms with Gasteiger partial charge in [0.2, 0.25) is 11.9 Å². The van der Waals surface area contributed by atoms with Crippen molar-refractivity contribution in [2.24, 2.45) is 0 Å². The number of ether oxygens (including phenoxy) is 1. The number of rotatable bonds is 7. The van der Waals surface area contributed by atoms with Gasteiger partial charge in [-0.15, -0.1) is 0 Å². The first-order chi connectivity index (χ1) is 14.6. The molecule has 1 N–H and O–H groups in total. The van der Waals surface area contributed by atoms with Gasteiger partial charge in [-0.05, 0) is 12.5 Å². The van der Waals surface area contributed by atoms with Gasteiger partial charge in [0, 0.05) is 38.6 Å². The molecule has 0 aromatic carbocycles. The van der Waals surface area contributed by atoms with Crippen LogP contribution in [-0.2, 0) is 16.1 Å². The molecular weight excluding hydrogens is 388 g/mol. The molecule has 1 fully saturated rings. The van der Waals surface area contributed by atoms with Crippen LogP contribution in [-0.4, -0.2) is 80.1 Å². The largest absolute Gasteiger partial charge is 0.379 e. The maximum atomic E-state index is 12.4. The predicted octanol–water partition coefficient (Wildman–Crippen LogP) is -0.0265. The minimum atomic E-state index is -0.265. The van der Waals surface area contributed by atoms with Crippen LogP contribution in [0.5, 0.6) is 0 Å². The van der Waals surface area contributed by atoms with Gasteiger partial charge in [-0.2, -0.15) is 10.2 Å². The molecule has 30 heavy (non-hydrogen) atoms. The molecule has 3 aromatic heterocycles. The molecule has 158 valence electrons. The topological polar surface area (TPSA) is 122 Å². The summed E-state index contributed by atoms with van der Waals surface area (Å²) in [5.41, 5.74) is 1.42. The standard InChI is InChI=1S/C19H24N8O3/c1-14-10-20-19(21-11-14)26-5-3-25(4-6-26)17(28)2-8-30-9-7-27-16-13-22-24-18(29)15(16)12-23-27/h10-13H,2-9H2,1H3,(H,24,29). The van der Waals surface area contributed by atoms with Gasteiger partial charge < -0.3 is 14.5 Å². The Morgan fingerprint density at radius 2 is 1.87 bits per heavy atom. The van der Waals surface area contributed by atoms with E-state index in [2.05, 4.69) is 30.2 Å². The highest BCUT2D eigenvalue weighted by Gasteiger charge is 2.22. The molecule has 3 aromatic rings. The Hall–Kier alpha value is -3.34. The fourth-order valence-electron chi connectivity index (χ4n) is 3.37. The fourth-order valence-corrected chi connectivity index (χ4v) is 3.37. The number of amides is 1. The molecule has 0 radical (unpaired) electrons. The van der Waals surface area contributed by atoms with Gasteiger partial charge in [0.1, 0.15) is 0 Å². The van der Waals surface area contributed by atoms with E-state index in [0.717, 1.165) is 18.7 Å². The number of nitrogens with zero attached hydrogens (tertiary/aromatic N) is 7. The van der Waals surface area contributed by atoms with Crippen LogP contribution in [0.15, 0.2) is 29.6 Å². The molecule has 0 bridgehead atoms. The van der Waals surface area contributed by atoms with E-state index in [-0.39, 0.29) is 11.5 Å². The molecule has 1 aliphatic rings. The number of carbonyl (C=O) groups excluding carboxylic acids is 1. The molecule has 1 amide bonds. The number of anilines is 1. The molecule has 0 unspecified atom stereocenters. The van der Waals surface area contributed by atoms with E-state index in [0.29, 0.717) is 56.1 Å². The maximum absolute atomic E-state index is 12.4. The van der Waals surface area contributed by atoms with Gasteiger partial charge in [-0.3, -0.25) is 14.3 Å². The van der Waals surface area contributed by atoms with E-state index in [1.54, 1.807) is 23.3 Å². The van der Waals surface area contributed by atoms with Crippen molar-refractivity contribution in [3.8, 4) is 0 Å². The van der Waals surface area contributed by atoms with E-state index < -0.39 is 0 Å². The van der Waals surface area contributed by atoms with Crippen molar-refractivity contribution in [1.29, 1.82) is 0 Å². The second-order valence-corrected chi connectivity index (χ2v) is 7.16. The average Bonchev–Trinajstić information content (AvgIpc) is 3.18.